The molecule has 2 aliphatic rings. The van der Waals surface area contributed by atoms with E-state index in [0.717, 1.165) is 24.8 Å². The molecule has 1 aliphatic heterocycles. The second-order valence-electron chi connectivity index (χ2n) is 7.16. The molecule has 7 nitrogen and oxygen atoms in total. The van der Waals surface area contributed by atoms with Gasteiger partial charge in [-0.25, -0.2) is 13.2 Å². The van der Waals surface area contributed by atoms with Gasteiger partial charge >= 0.3 is 5.97 Å². The van der Waals surface area contributed by atoms with Crippen molar-refractivity contribution in [2.45, 2.75) is 51.0 Å². The van der Waals surface area contributed by atoms with Crippen molar-refractivity contribution in [3.05, 3.63) is 29.3 Å². The van der Waals surface area contributed by atoms with E-state index in [2.05, 4.69) is 0 Å². The Balaban J connectivity index is 1.66. The first-order valence-electron chi connectivity index (χ1n) is 9.33. The minimum atomic E-state index is -3.33. The summed E-state index contributed by atoms with van der Waals surface area (Å²) in [6.07, 6.45) is 3.77. The van der Waals surface area contributed by atoms with Crippen molar-refractivity contribution in [3.8, 4) is 0 Å². The van der Waals surface area contributed by atoms with Gasteiger partial charge in [-0.2, -0.15) is 0 Å². The molecule has 0 saturated heterocycles. The minimum Gasteiger partial charge on any atom is -0.455 e. The zero-order chi connectivity index (χ0) is 19.7. The topological polar surface area (TPSA) is 101 Å². The zero-order valence-electron chi connectivity index (χ0n) is 15.4. The van der Waals surface area contributed by atoms with Crippen molar-refractivity contribution in [1.82, 2.24) is 0 Å². The third kappa shape index (κ3) is 4.01. The molecule has 0 atom stereocenters. The molecule has 1 N–H and O–H groups in total. The van der Waals surface area contributed by atoms with E-state index in [0.29, 0.717) is 37.1 Å². The summed E-state index contributed by atoms with van der Waals surface area (Å²) in [6.45, 7) is 1.53. The van der Waals surface area contributed by atoms with Crippen molar-refractivity contribution in [2.24, 2.45) is 0 Å². The Morgan fingerprint density at radius 2 is 1.93 bits per heavy atom. The molecule has 0 radical (unpaired) electrons. The summed E-state index contributed by atoms with van der Waals surface area (Å²) in [5.74, 6) is -1.09. The number of aliphatic hydroxyl groups is 1. The van der Waals surface area contributed by atoms with Gasteiger partial charge in [0.2, 0.25) is 10.0 Å². The molecule has 1 fully saturated rings. The lowest BCUT2D eigenvalue weighted by atomic mass is 9.85. The van der Waals surface area contributed by atoms with Gasteiger partial charge in [0.1, 0.15) is 0 Å². The number of carbonyl (C=O) groups is 2. The number of rotatable bonds is 6. The first-order valence-corrected chi connectivity index (χ1v) is 10.9. The monoisotopic (exact) mass is 395 g/mol. The van der Waals surface area contributed by atoms with E-state index in [1.807, 2.05) is 0 Å². The van der Waals surface area contributed by atoms with Crippen molar-refractivity contribution in [1.29, 1.82) is 0 Å². The average Bonchev–Trinajstić information content (AvgIpc) is 3.10. The van der Waals surface area contributed by atoms with Crippen LogP contribution in [0.1, 0.15) is 54.9 Å². The summed E-state index contributed by atoms with van der Waals surface area (Å²) in [7, 11) is -3.33. The number of sulfonamides is 1. The van der Waals surface area contributed by atoms with E-state index < -0.39 is 28.2 Å². The quantitative estimate of drug-likeness (QED) is 0.582. The highest BCUT2D eigenvalue weighted by molar-refractivity contribution is 7.92. The van der Waals surface area contributed by atoms with Crippen molar-refractivity contribution < 1.29 is 27.9 Å². The molecule has 0 unspecified atom stereocenters. The van der Waals surface area contributed by atoms with Crippen LogP contribution in [0.2, 0.25) is 0 Å². The lowest BCUT2D eigenvalue weighted by Gasteiger charge is -2.29. The molecule has 0 bridgehead atoms. The van der Waals surface area contributed by atoms with Crippen LogP contribution in [-0.2, 0) is 26.0 Å². The Hall–Kier alpha value is -1.93. The molecule has 148 valence electrons. The van der Waals surface area contributed by atoms with Gasteiger partial charge in [-0.3, -0.25) is 9.10 Å². The number of hydrogen-bond donors (Lipinski definition) is 1. The number of Topliss-reactive ketones (excluding diaryl/α,β-unsaturated/α-hetero) is 1. The second-order valence-corrected chi connectivity index (χ2v) is 9.34. The number of hydrogen-bond acceptors (Lipinski definition) is 6. The van der Waals surface area contributed by atoms with Crippen LogP contribution in [0.25, 0.3) is 0 Å². The molecule has 3 rings (SSSR count). The van der Waals surface area contributed by atoms with Gasteiger partial charge in [0.25, 0.3) is 0 Å². The molecule has 1 saturated carbocycles. The molecule has 0 aromatic heterocycles. The normalized spacial score (nSPS) is 18.8. The molecule has 1 aromatic carbocycles. The number of fused-ring (bicyclic) bond motifs is 1. The number of carbonyl (C=O) groups excluding carboxylic acids is 2. The minimum absolute atomic E-state index is 0.0198. The fourth-order valence-corrected chi connectivity index (χ4v) is 4.84. The fraction of sp³-hybridized carbons (Fsp3) is 0.579. The maximum atomic E-state index is 12.4. The van der Waals surface area contributed by atoms with E-state index in [9.17, 15) is 23.1 Å². The number of nitrogens with zero attached hydrogens (tertiary/aromatic N) is 1. The van der Waals surface area contributed by atoms with Gasteiger partial charge < -0.3 is 9.84 Å². The van der Waals surface area contributed by atoms with Crippen LogP contribution in [0.15, 0.2) is 18.2 Å². The fourth-order valence-electron chi connectivity index (χ4n) is 3.68. The molecule has 0 amide bonds. The SMILES string of the molecule is CCS(=O)(=O)N1CCc2cc(C(=O)COC(=O)C3(O)CCCCC3)ccc21. The smallest absolute Gasteiger partial charge is 0.338 e. The summed E-state index contributed by atoms with van der Waals surface area (Å²) in [5.41, 5.74) is 0.274. The maximum absolute atomic E-state index is 12.4. The van der Waals surface area contributed by atoms with E-state index in [4.69, 9.17) is 4.74 Å². The van der Waals surface area contributed by atoms with Crippen LogP contribution in [-0.4, -0.2) is 49.8 Å². The molecule has 0 spiro atoms. The lowest BCUT2D eigenvalue weighted by Crippen LogP contribution is -2.42. The highest BCUT2D eigenvalue weighted by Crippen LogP contribution is 2.32. The predicted octanol–water partition coefficient (Wildman–Crippen LogP) is 1.82. The van der Waals surface area contributed by atoms with E-state index in [1.54, 1.807) is 25.1 Å². The first-order chi connectivity index (χ1) is 12.8. The van der Waals surface area contributed by atoms with E-state index >= 15 is 0 Å². The number of anilines is 1. The maximum Gasteiger partial charge on any atom is 0.338 e. The number of ether oxygens (including phenoxy) is 1. The molecule has 1 aromatic rings. The van der Waals surface area contributed by atoms with Gasteiger partial charge in [-0.1, -0.05) is 6.42 Å². The molecule has 1 aliphatic carbocycles. The van der Waals surface area contributed by atoms with Crippen LogP contribution >= 0.6 is 0 Å². The number of esters is 1. The van der Waals surface area contributed by atoms with Crippen molar-refractivity contribution in [3.63, 3.8) is 0 Å². The first kappa shape index (κ1) is 19.8. The predicted molar refractivity (Wildman–Crippen MR) is 100 cm³/mol. The second kappa shape index (κ2) is 7.59. The van der Waals surface area contributed by atoms with Crippen LogP contribution in [0.5, 0.6) is 0 Å². The summed E-state index contributed by atoms with van der Waals surface area (Å²) < 4.78 is 30.7. The van der Waals surface area contributed by atoms with Gasteiger partial charge in [-0.15, -0.1) is 0 Å². The number of benzene rings is 1. The average molecular weight is 395 g/mol. The molecule has 27 heavy (non-hydrogen) atoms. The van der Waals surface area contributed by atoms with Crippen LogP contribution in [0, 0.1) is 0 Å². The van der Waals surface area contributed by atoms with Crippen molar-refractivity contribution >= 4 is 27.5 Å². The highest BCUT2D eigenvalue weighted by atomic mass is 32.2. The Morgan fingerprint density at radius 1 is 1.22 bits per heavy atom. The summed E-state index contributed by atoms with van der Waals surface area (Å²) in [6, 6.07) is 4.83. The molecular weight excluding hydrogens is 370 g/mol. The van der Waals surface area contributed by atoms with Gasteiger partial charge in [0, 0.05) is 12.1 Å². The Bertz CT molecular complexity index is 842. The largest absolute Gasteiger partial charge is 0.455 e. The third-order valence-electron chi connectivity index (χ3n) is 5.35. The van der Waals surface area contributed by atoms with Crippen LogP contribution in [0.3, 0.4) is 0 Å². The van der Waals surface area contributed by atoms with Gasteiger partial charge in [-0.05, 0) is 62.8 Å². The van der Waals surface area contributed by atoms with Gasteiger partial charge in [0.15, 0.2) is 18.0 Å². The van der Waals surface area contributed by atoms with Gasteiger partial charge in [0.05, 0.1) is 11.4 Å². The van der Waals surface area contributed by atoms with Crippen LogP contribution < -0.4 is 4.31 Å². The molecule has 1 heterocycles. The Kier molecular flexibility index (Phi) is 5.58. The number of ketones is 1. The Morgan fingerprint density at radius 3 is 2.59 bits per heavy atom. The Labute approximate surface area is 159 Å². The zero-order valence-corrected chi connectivity index (χ0v) is 16.3. The van der Waals surface area contributed by atoms with Crippen molar-refractivity contribution in [2.75, 3.05) is 23.2 Å². The molecule has 8 heteroatoms. The highest BCUT2D eigenvalue weighted by Gasteiger charge is 2.39. The van der Waals surface area contributed by atoms with E-state index in [1.165, 1.54) is 4.31 Å². The standard InChI is InChI=1S/C19H25NO6S/c1-2-27(24,25)20-11-8-14-12-15(6-7-16(14)20)17(21)13-26-18(22)19(23)9-4-3-5-10-19/h6-7,12,23H,2-5,8-11,13H2,1H3. The third-order valence-corrected chi connectivity index (χ3v) is 7.13. The van der Waals surface area contributed by atoms with E-state index in [-0.39, 0.29) is 11.5 Å². The molecular formula is C19H25NO6S. The summed E-state index contributed by atoms with van der Waals surface area (Å²) in [4.78, 5) is 24.5. The summed E-state index contributed by atoms with van der Waals surface area (Å²) >= 11 is 0. The lowest BCUT2D eigenvalue weighted by molar-refractivity contribution is -0.167. The van der Waals surface area contributed by atoms with Crippen LogP contribution in [0.4, 0.5) is 5.69 Å². The summed E-state index contributed by atoms with van der Waals surface area (Å²) in [5, 5.41) is 10.3.